The fourth-order valence-electron chi connectivity index (χ4n) is 2.80. The van der Waals surface area contributed by atoms with Gasteiger partial charge in [-0.25, -0.2) is 4.79 Å². The highest BCUT2D eigenvalue weighted by atomic mass is 28.3. The molecule has 0 N–H and O–H groups in total. The van der Waals surface area contributed by atoms with E-state index in [4.69, 9.17) is 4.74 Å². The van der Waals surface area contributed by atoms with Gasteiger partial charge in [-0.1, -0.05) is 67.5 Å². The summed E-state index contributed by atoms with van der Waals surface area (Å²) >= 11 is 0. The number of hydrogen-bond donors (Lipinski definition) is 0. The molecule has 0 bridgehead atoms. The van der Waals surface area contributed by atoms with Crippen molar-refractivity contribution in [1.29, 1.82) is 0 Å². The van der Waals surface area contributed by atoms with E-state index in [1.807, 2.05) is 0 Å². The lowest BCUT2D eigenvalue weighted by Gasteiger charge is -2.31. The molecule has 0 aliphatic carbocycles. The summed E-state index contributed by atoms with van der Waals surface area (Å²) in [6.45, 7) is 22.4. The van der Waals surface area contributed by atoms with Gasteiger partial charge in [-0.3, -0.25) is 0 Å². The van der Waals surface area contributed by atoms with Crippen molar-refractivity contribution in [2.45, 2.75) is 62.8 Å². The highest BCUT2D eigenvalue weighted by Gasteiger charge is 2.30. The van der Waals surface area contributed by atoms with Crippen LogP contribution in [0.15, 0.2) is 36.8 Å². The van der Waals surface area contributed by atoms with E-state index in [0.29, 0.717) is 6.61 Å². The maximum absolute atomic E-state index is 11.0. The second-order valence-electron chi connectivity index (χ2n) is 8.46. The molecule has 6 heteroatoms. The molecule has 0 spiro atoms. The zero-order chi connectivity index (χ0) is 19.6. The summed E-state index contributed by atoms with van der Waals surface area (Å²) < 4.78 is 9.49. The van der Waals surface area contributed by atoms with Crippen LogP contribution in [-0.4, -0.2) is 44.1 Å². The van der Waals surface area contributed by atoms with Crippen molar-refractivity contribution in [3.05, 3.63) is 36.8 Å². The normalized spacial score (nSPS) is 12.4. The molecule has 0 aromatic heterocycles. The molecule has 0 aliphatic heterocycles. The van der Waals surface area contributed by atoms with Gasteiger partial charge in [0, 0.05) is 16.1 Å². The van der Waals surface area contributed by atoms with E-state index in [1.54, 1.807) is 0 Å². The largest absolute Gasteiger partial charge is 0.507 e. The molecular weight excluding hydrogens is 360 g/mol. The molecule has 0 aliphatic rings. The van der Waals surface area contributed by atoms with E-state index in [0.717, 1.165) is 6.42 Å². The van der Waals surface area contributed by atoms with Gasteiger partial charge in [-0.2, -0.15) is 0 Å². The lowest BCUT2D eigenvalue weighted by molar-refractivity contribution is 0.0728. The molecule has 0 heterocycles. The summed E-state index contributed by atoms with van der Waals surface area (Å²) in [5, 5.41) is 0. The van der Waals surface area contributed by atoms with Gasteiger partial charge in [0.05, 0.1) is 13.7 Å². The van der Waals surface area contributed by atoms with Crippen LogP contribution in [0.3, 0.4) is 0 Å². The van der Waals surface area contributed by atoms with Crippen molar-refractivity contribution in [2.75, 3.05) is 13.7 Å². The van der Waals surface area contributed by atoms with Crippen LogP contribution in [0.2, 0.25) is 56.4 Å². The van der Waals surface area contributed by atoms with E-state index in [9.17, 15) is 4.79 Å². The Morgan fingerprint density at radius 2 is 1.28 bits per heavy atom. The Bertz CT molecular complexity index is 437. The number of methoxy groups -OCH3 is 1. The molecule has 0 aromatic carbocycles. The van der Waals surface area contributed by atoms with Crippen molar-refractivity contribution in [2.24, 2.45) is 0 Å². The number of hydrogen-bond acceptors (Lipinski definition) is 3. The second-order valence-corrected chi connectivity index (χ2v) is 23.1. The molecule has 25 heavy (non-hydrogen) atoms. The first-order valence-electron chi connectivity index (χ1n) is 9.17. The molecule has 0 rings (SSSR count). The number of rotatable bonds is 13. The highest BCUT2D eigenvalue weighted by Crippen LogP contribution is 2.30. The SMILES string of the molecule is C=C[Si](C=C)(C=C)CC[Si](C)(C)CC[Si](C)(C)CCCOC(=O)OC. The predicted molar refractivity (Wildman–Crippen MR) is 118 cm³/mol. The lowest BCUT2D eigenvalue weighted by Crippen LogP contribution is -2.35. The van der Waals surface area contributed by atoms with Crippen LogP contribution in [0.1, 0.15) is 6.42 Å². The van der Waals surface area contributed by atoms with Crippen LogP contribution in [0.4, 0.5) is 4.79 Å². The molecule has 0 fully saturated rings. The maximum atomic E-state index is 11.0. The summed E-state index contributed by atoms with van der Waals surface area (Å²) in [5.74, 6) is 0. The Hall–Kier alpha value is -0.859. The van der Waals surface area contributed by atoms with Crippen LogP contribution in [-0.2, 0) is 9.47 Å². The molecule has 0 amide bonds. The molecule has 0 saturated heterocycles. The topological polar surface area (TPSA) is 35.5 Å². The average molecular weight is 399 g/mol. The standard InChI is InChI=1S/C19H38O3Si3/c1-9-25(10-2,11-3)18-17-24(7,8)16-15-23(5,6)14-12-13-22-19(20)21-4/h9-11H,1-3,12-18H2,4-8H3. The fourth-order valence-corrected chi connectivity index (χ4v) is 15.4. The number of ether oxygens (including phenoxy) is 2. The summed E-state index contributed by atoms with van der Waals surface area (Å²) in [6.07, 6.45) is 0.364. The van der Waals surface area contributed by atoms with Crippen molar-refractivity contribution < 1.29 is 14.3 Å². The third-order valence-corrected chi connectivity index (χ3v) is 16.2. The average Bonchev–Trinajstić information content (AvgIpc) is 2.59. The van der Waals surface area contributed by atoms with Crippen molar-refractivity contribution in [1.82, 2.24) is 0 Å². The Morgan fingerprint density at radius 1 is 0.840 bits per heavy atom. The van der Waals surface area contributed by atoms with Gasteiger partial charge in [-0.15, -0.1) is 19.7 Å². The quantitative estimate of drug-likeness (QED) is 0.210. The highest BCUT2D eigenvalue weighted by molar-refractivity contribution is 6.94. The number of carbonyl (C=O) groups is 1. The Kier molecular flexibility index (Phi) is 10.6. The van der Waals surface area contributed by atoms with Gasteiger partial charge in [-0.05, 0) is 12.5 Å². The van der Waals surface area contributed by atoms with E-state index < -0.39 is 30.4 Å². The first-order valence-corrected chi connectivity index (χ1v) is 18.4. The first kappa shape index (κ1) is 24.1. The molecule has 0 saturated carbocycles. The molecule has 144 valence electrons. The molecular formula is C19H38O3Si3. The van der Waals surface area contributed by atoms with Crippen LogP contribution in [0.25, 0.3) is 0 Å². The van der Waals surface area contributed by atoms with Gasteiger partial charge in [0.25, 0.3) is 0 Å². The van der Waals surface area contributed by atoms with Gasteiger partial charge in [0.15, 0.2) is 0 Å². The zero-order valence-electron chi connectivity index (χ0n) is 17.0. The van der Waals surface area contributed by atoms with Crippen LogP contribution < -0.4 is 0 Å². The smallest absolute Gasteiger partial charge is 0.438 e. The molecule has 0 radical (unpaired) electrons. The summed E-state index contributed by atoms with van der Waals surface area (Å²) in [6, 6.07) is 6.45. The first-order chi connectivity index (χ1) is 11.6. The summed E-state index contributed by atoms with van der Waals surface area (Å²) in [4.78, 5) is 11.0. The Morgan fingerprint density at radius 3 is 1.72 bits per heavy atom. The minimum absolute atomic E-state index is 0.468. The van der Waals surface area contributed by atoms with Crippen LogP contribution >= 0.6 is 0 Å². The van der Waals surface area contributed by atoms with Crippen LogP contribution in [0, 0.1) is 0 Å². The van der Waals surface area contributed by atoms with Gasteiger partial charge >= 0.3 is 6.16 Å². The minimum Gasteiger partial charge on any atom is -0.438 e. The third kappa shape index (κ3) is 10.0. The molecule has 3 nitrogen and oxygen atoms in total. The Balaban J connectivity index is 4.36. The fraction of sp³-hybridized carbons (Fsp3) is 0.632. The molecule has 0 unspecified atom stereocenters. The zero-order valence-corrected chi connectivity index (χ0v) is 20.0. The van der Waals surface area contributed by atoms with Crippen LogP contribution in [0.5, 0.6) is 0 Å². The predicted octanol–water partition coefficient (Wildman–Crippen LogP) is 6.20. The van der Waals surface area contributed by atoms with Gasteiger partial charge in [0.1, 0.15) is 8.07 Å². The van der Waals surface area contributed by atoms with E-state index in [2.05, 4.69) is 67.8 Å². The van der Waals surface area contributed by atoms with E-state index >= 15 is 0 Å². The Labute approximate surface area is 158 Å². The van der Waals surface area contributed by atoms with Crippen molar-refractivity contribution in [3.8, 4) is 0 Å². The lowest BCUT2D eigenvalue weighted by atomic mass is 10.5. The van der Waals surface area contributed by atoms with Gasteiger partial charge < -0.3 is 9.47 Å². The van der Waals surface area contributed by atoms with Crippen molar-refractivity contribution in [3.63, 3.8) is 0 Å². The second kappa shape index (κ2) is 11.0. The molecule has 0 aromatic rings. The van der Waals surface area contributed by atoms with Gasteiger partial charge in [0.2, 0.25) is 0 Å². The number of carbonyl (C=O) groups excluding carboxylic acids is 1. The maximum Gasteiger partial charge on any atom is 0.507 e. The summed E-state index contributed by atoms with van der Waals surface area (Å²) in [5.41, 5.74) is 6.33. The third-order valence-electron chi connectivity index (χ3n) is 5.24. The monoisotopic (exact) mass is 398 g/mol. The van der Waals surface area contributed by atoms with E-state index in [-0.39, 0.29) is 0 Å². The van der Waals surface area contributed by atoms with E-state index in [1.165, 1.54) is 37.3 Å². The molecule has 0 atom stereocenters. The minimum atomic E-state index is -1.67. The summed E-state index contributed by atoms with van der Waals surface area (Å²) in [7, 11) is -2.79. The van der Waals surface area contributed by atoms with Crippen molar-refractivity contribution >= 4 is 30.4 Å².